The molecular weight excluding hydrogens is 260 g/mol. The number of ether oxygens (including phenoxy) is 1. The fourth-order valence-corrected chi connectivity index (χ4v) is 3.08. The molecule has 0 saturated carbocycles. The van der Waals surface area contributed by atoms with Crippen molar-refractivity contribution >= 4 is 12.0 Å². The van der Waals surface area contributed by atoms with Crippen LogP contribution in [-0.4, -0.2) is 64.8 Å². The maximum atomic E-state index is 12.7. The topological polar surface area (TPSA) is 70.1 Å². The number of amides is 2. The minimum absolute atomic E-state index is 0.0178. The molecule has 0 aromatic carbocycles. The van der Waals surface area contributed by atoms with Crippen LogP contribution < -0.4 is 0 Å². The van der Waals surface area contributed by atoms with Crippen LogP contribution >= 0.6 is 0 Å². The second-order valence-corrected chi connectivity index (χ2v) is 5.73. The summed E-state index contributed by atoms with van der Waals surface area (Å²) < 4.78 is 5.61. The lowest BCUT2D eigenvalue weighted by Crippen LogP contribution is -2.56. The number of hydrogen-bond acceptors (Lipinski definition) is 3. The van der Waals surface area contributed by atoms with E-state index in [2.05, 4.69) is 0 Å². The Bertz CT molecular complexity index is 374. The number of aliphatic carboxylic acids is 1. The van der Waals surface area contributed by atoms with Crippen molar-refractivity contribution in [2.24, 2.45) is 0 Å². The number of nitrogens with zero attached hydrogens (tertiary/aromatic N) is 2. The number of carboxylic acid groups (broad SMARTS) is 1. The average Bonchev–Trinajstić information content (AvgIpc) is 2.85. The van der Waals surface area contributed by atoms with E-state index in [9.17, 15) is 9.59 Å². The Morgan fingerprint density at radius 3 is 2.70 bits per heavy atom. The van der Waals surface area contributed by atoms with Gasteiger partial charge in [0.1, 0.15) is 0 Å². The molecule has 0 bridgehead atoms. The molecule has 0 radical (unpaired) electrons. The van der Waals surface area contributed by atoms with Crippen molar-refractivity contribution in [1.29, 1.82) is 0 Å². The van der Waals surface area contributed by atoms with Crippen molar-refractivity contribution in [3.05, 3.63) is 0 Å². The largest absolute Gasteiger partial charge is 0.481 e. The molecule has 0 aromatic heterocycles. The highest BCUT2D eigenvalue weighted by atomic mass is 16.5. The van der Waals surface area contributed by atoms with Gasteiger partial charge in [0.25, 0.3) is 0 Å². The van der Waals surface area contributed by atoms with Crippen molar-refractivity contribution in [2.75, 3.05) is 19.7 Å². The number of carbonyl (C=O) groups is 2. The summed E-state index contributed by atoms with van der Waals surface area (Å²) >= 11 is 0. The summed E-state index contributed by atoms with van der Waals surface area (Å²) in [6.07, 6.45) is 2.62. The predicted octanol–water partition coefficient (Wildman–Crippen LogP) is 1.54. The van der Waals surface area contributed by atoms with E-state index in [4.69, 9.17) is 9.84 Å². The van der Waals surface area contributed by atoms with E-state index in [-0.39, 0.29) is 30.6 Å². The highest BCUT2D eigenvalue weighted by Gasteiger charge is 2.37. The van der Waals surface area contributed by atoms with Crippen LogP contribution in [0.1, 0.15) is 39.5 Å². The number of likely N-dealkylation sites (tertiary alicyclic amines) is 1. The molecule has 1 N–H and O–H groups in total. The summed E-state index contributed by atoms with van der Waals surface area (Å²) in [6.45, 7) is 5.83. The average molecular weight is 284 g/mol. The van der Waals surface area contributed by atoms with Gasteiger partial charge in [0, 0.05) is 19.1 Å². The van der Waals surface area contributed by atoms with Gasteiger partial charge in [-0.2, -0.15) is 0 Å². The molecule has 6 heteroatoms. The Hall–Kier alpha value is -1.30. The van der Waals surface area contributed by atoms with Crippen LogP contribution in [0.5, 0.6) is 0 Å². The first-order chi connectivity index (χ1) is 9.52. The quantitative estimate of drug-likeness (QED) is 0.853. The van der Waals surface area contributed by atoms with Gasteiger partial charge in [0.15, 0.2) is 0 Å². The van der Waals surface area contributed by atoms with E-state index in [0.717, 1.165) is 19.3 Å². The van der Waals surface area contributed by atoms with Gasteiger partial charge in [0.2, 0.25) is 0 Å². The van der Waals surface area contributed by atoms with Gasteiger partial charge in [-0.25, -0.2) is 4.79 Å². The van der Waals surface area contributed by atoms with E-state index in [1.807, 2.05) is 18.7 Å². The standard InChI is InChI=1S/C14H24N2O4/c1-3-11-9-20-10(2)8-16(11)14(19)15-6-4-5-12(15)7-13(17)18/h10-12H,3-9H2,1-2H3,(H,17,18). The normalized spacial score (nSPS) is 30.6. The third-order valence-electron chi connectivity index (χ3n) is 4.22. The van der Waals surface area contributed by atoms with E-state index < -0.39 is 5.97 Å². The zero-order valence-corrected chi connectivity index (χ0v) is 12.2. The summed E-state index contributed by atoms with van der Waals surface area (Å²) in [5.74, 6) is -0.836. The van der Waals surface area contributed by atoms with Gasteiger partial charge in [-0.05, 0) is 26.2 Å². The van der Waals surface area contributed by atoms with Gasteiger partial charge in [-0.1, -0.05) is 6.92 Å². The number of morpholine rings is 1. The van der Waals surface area contributed by atoms with E-state index >= 15 is 0 Å². The molecule has 3 unspecified atom stereocenters. The van der Waals surface area contributed by atoms with Gasteiger partial charge in [0.05, 0.1) is 25.2 Å². The zero-order chi connectivity index (χ0) is 14.7. The van der Waals surface area contributed by atoms with Crippen molar-refractivity contribution in [1.82, 2.24) is 9.80 Å². The smallest absolute Gasteiger partial charge is 0.320 e. The van der Waals surface area contributed by atoms with Gasteiger partial charge >= 0.3 is 12.0 Å². The molecule has 2 aliphatic rings. The minimum atomic E-state index is -0.836. The molecule has 2 aliphatic heterocycles. The Morgan fingerprint density at radius 2 is 2.05 bits per heavy atom. The first-order valence-corrected chi connectivity index (χ1v) is 7.43. The molecule has 114 valence electrons. The molecule has 2 fully saturated rings. The number of hydrogen-bond donors (Lipinski definition) is 1. The molecule has 2 amide bonds. The summed E-state index contributed by atoms with van der Waals surface area (Å²) in [7, 11) is 0. The van der Waals surface area contributed by atoms with E-state index in [1.165, 1.54) is 0 Å². The Kier molecular flexibility index (Phi) is 4.86. The molecule has 2 heterocycles. The molecular formula is C14H24N2O4. The summed E-state index contributed by atoms with van der Waals surface area (Å²) in [5, 5.41) is 8.95. The molecule has 0 aliphatic carbocycles. The molecule has 3 atom stereocenters. The second kappa shape index (κ2) is 6.43. The van der Waals surface area contributed by atoms with Crippen molar-refractivity contribution in [3.8, 4) is 0 Å². The zero-order valence-electron chi connectivity index (χ0n) is 12.2. The third-order valence-corrected chi connectivity index (χ3v) is 4.22. The fourth-order valence-electron chi connectivity index (χ4n) is 3.08. The summed E-state index contributed by atoms with van der Waals surface area (Å²) in [5.41, 5.74) is 0. The molecule has 0 spiro atoms. The fraction of sp³-hybridized carbons (Fsp3) is 0.857. The predicted molar refractivity (Wildman–Crippen MR) is 73.6 cm³/mol. The van der Waals surface area contributed by atoms with Crippen molar-refractivity contribution in [2.45, 2.75) is 57.7 Å². The molecule has 20 heavy (non-hydrogen) atoms. The molecule has 2 saturated heterocycles. The van der Waals surface area contributed by atoms with Gasteiger partial charge < -0.3 is 19.6 Å². The van der Waals surface area contributed by atoms with Crippen molar-refractivity contribution in [3.63, 3.8) is 0 Å². The summed E-state index contributed by atoms with van der Waals surface area (Å²) in [4.78, 5) is 27.2. The van der Waals surface area contributed by atoms with Crippen molar-refractivity contribution < 1.29 is 19.4 Å². The van der Waals surface area contributed by atoms with Crippen LogP contribution in [0, 0.1) is 0 Å². The number of carboxylic acids is 1. The highest BCUT2D eigenvalue weighted by Crippen LogP contribution is 2.24. The van der Waals surface area contributed by atoms with Crippen LogP contribution in [0.3, 0.4) is 0 Å². The Balaban J connectivity index is 2.06. The van der Waals surface area contributed by atoms with Crippen LogP contribution in [0.4, 0.5) is 4.79 Å². The first-order valence-electron chi connectivity index (χ1n) is 7.43. The van der Waals surface area contributed by atoms with Crippen LogP contribution in [0.25, 0.3) is 0 Å². The van der Waals surface area contributed by atoms with Crippen LogP contribution in [-0.2, 0) is 9.53 Å². The first kappa shape index (κ1) is 15.1. The molecule has 0 aromatic rings. The van der Waals surface area contributed by atoms with E-state index in [1.54, 1.807) is 4.90 Å². The van der Waals surface area contributed by atoms with Crippen LogP contribution in [0.2, 0.25) is 0 Å². The van der Waals surface area contributed by atoms with Crippen LogP contribution in [0.15, 0.2) is 0 Å². The lowest BCUT2D eigenvalue weighted by molar-refractivity contribution is -0.138. The Morgan fingerprint density at radius 1 is 1.30 bits per heavy atom. The van der Waals surface area contributed by atoms with Gasteiger partial charge in [-0.3, -0.25) is 4.79 Å². The van der Waals surface area contributed by atoms with E-state index in [0.29, 0.717) is 19.7 Å². The SMILES string of the molecule is CCC1COC(C)CN1C(=O)N1CCCC1CC(=O)O. The maximum Gasteiger partial charge on any atom is 0.320 e. The number of carbonyl (C=O) groups excluding carboxylic acids is 1. The lowest BCUT2D eigenvalue weighted by Gasteiger charge is -2.41. The minimum Gasteiger partial charge on any atom is -0.481 e. The van der Waals surface area contributed by atoms with Gasteiger partial charge in [-0.15, -0.1) is 0 Å². The third kappa shape index (κ3) is 3.23. The number of urea groups is 1. The summed E-state index contributed by atoms with van der Waals surface area (Å²) in [6, 6.07) is -0.0730. The lowest BCUT2D eigenvalue weighted by atomic mass is 10.1. The monoisotopic (exact) mass is 284 g/mol. The molecule has 2 rings (SSSR count). The number of rotatable bonds is 3. The Labute approximate surface area is 119 Å². The second-order valence-electron chi connectivity index (χ2n) is 5.73. The highest BCUT2D eigenvalue weighted by molar-refractivity contribution is 5.77. The molecule has 6 nitrogen and oxygen atoms in total. The maximum absolute atomic E-state index is 12.7.